The summed E-state index contributed by atoms with van der Waals surface area (Å²) in [7, 11) is 0. The quantitative estimate of drug-likeness (QED) is 0.235. The summed E-state index contributed by atoms with van der Waals surface area (Å²) in [5, 5.41) is 22.7. The van der Waals surface area contributed by atoms with Gasteiger partial charge in [-0.3, -0.25) is 18.7 Å². The van der Waals surface area contributed by atoms with Crippen LogP contribution in [-0.4, -0.2) is 19.3 Å². The predicted molar refractivity (Wildman–Crippen MR) is 154 cm³/mol. The molecule has 5 aromatic rings. The first-order valence-electron chi connectivity index (χ1n) is 12.4. The first-order chi connectivity index (χ1) is 19.5. The van der Waals surface area contributed by atoms with Crippen molar-refractivity contribution < 1.29 is 19.0 Å². The lowest BCUT2D eigenvalue weighted by Gasteiger charge is -2.24. The number of hydrogen-bond acceptors (Lipinski definition) is 4. The molecule has 2 N–H and O–H groups in total. The maximum atomic E-state index is 14.1. The van der Waals surface area contributed by atoms with Crippen molar-refractivity contribution in [1.82, 2.24) is 9.13 Å². The summed E-state index contributed by atoms with van der Waals surface area (Å²) in [6.45, 7) is 3.18. The molecular formula is C31H22Cl2F2N2O4. The van der Waals surface area contributed by atoms with Crippen LogP contribution < -0.4 is 11.1 Å². The maximum Gasteiger partial charge on any atom is 0.263 e. The summed E-state index contributed by atoms with van der Waals surface area (Å²) in [5.41, 5.74) is -0.292. The van der Waals surface area contributed by atoms with Gasteiger partial charge in [-0.15, -0.1) is 0 Å². The average Bonchev–Trinajstić information content (AvgIpc) is 2.91. The molecule has 0 aliphatic rings. The SMILES string of the molecule is Cc1cc(O)c(C(c2ccc(Cl)c(Cl)c2)c2c(O)cc(C)n(-c3ccc(F)cc3)c2=O)c(=O)n1-c1ccc(F)cc1. The van der Waals surface area contributed by atoms with E-state index in [2.05, 4.69) is 0 Å². The predicted octanol–water partition coefficient (Wildman–Crippen LogP) is 6.78. The second-order valence-electron chi connectivity index (χ2n) is 9.51. The van der Waals surface area contributed by atoms with Gasteiger partial charge in [0.1, 0.15) is 23.1 Å². The van der Waals surface area contributed by atoms with Crippen molar-refractivity contribution in [3.8, 4) is 22.9 Å². The lowest BCUT2D eigenvalue weighted by Crippen LogP contribution is -2.31. The normalized spacial score (nSPS) is 11.3. The minimum absolute atomic E-state index is 0.116. The van der Waals surface area contributed by atoms with Crippen molar-refractivity contribution in [2.75, 3.05) is 0 Å². The molecule has 0 saturated heterocycles. The standard InChI is InChI=1S/C31H22Cl2F2N2O4/c1-16-13-25(38)28(30(40)36(16)21-8-4-19(34)5-9-21)27(18-3-12-23(32)24(33)15-18)29-26(39)14-17(2)37(31(29)41)22-10-6-20(35)7-11-22/h3-15,27,38-39H,1-2H3. The van der Waals surface area contributed by atoms with E-state index in [-0.39, 0.29) is 26.7 Å². The van der Waals surface area contributed by atoms with Gasteiger partial charge in [-0.25, -0.2) is 8.78 Å². The molecule has 5 rings (SSSR count). The number of halogens is 4. The Balaban J connectivity index is 1.88. The Bertz CT molecular complexity index is 1800. The highest BCUT2D eigenvalue weighted by atomic mass is 35.5. The highest BCUT2D eigenvalue weighted by Crippen LogP contribution is 2.40. The van der Waals surface area contributed by atoms with Gasteiger partial charge in [-0.2, -0.15) is 0 Å². The molecule has 0 spiro atoms. The van der Waals surface area contributed by atoms with Crippen LogP contribution in [0.25, 0.3) is 11.4 Å². The van der Waals surface area contributed by atoms with Crippen LogP contribution in [0.1, 0.15) is 34.0 Å². The Labute approximate surface area is 242 Å². The first-order valence-corrected chi connectivity index (χ1v) is 13.1. The van der Waals surface area contributed by atoms with Crippen molar-refractivity contribution in [3.05, 3.63) is 149 Å². The molecule has 0 fully saturated rings. The third-order valence-corrected chi connectivity index (χ3v) is 7.58. The molecule has 0 aliphatic carbocycles. The topological polar surface area (TPSA) is 84.5 Å². The molecule has 0 bridgehead atoms. The average molecular weight is 595 g/mol. The van der Waals surface area contributed by atoms with Crippen LogP contribution in [0.5, 0.6) is 11.5 Å². The summed E-state index contributed by atoms with van der Waals surface area (Å²) in [4.78, 5) is 28.3. The fourth-order valence-corrected chi connectivity index (χ4v) is 5.30. The largest absolute Gasteiger partial charge is 0.507 e. The van der Waals surface area contributed by atoms with E-state index in [9.17, 15) is 28.6 Å². The van der Waals surface area contributed by atoms with Gasteiger partial charge in [0, 0.05) is 34.9 Å². The van der Waals surface area contributed by atoms with E-state index in [4.69, 9.17) is 23.2 Å². The number of pyridine rings is 2. The zero-order valence-corrected chi connectivity index (χ0v) is 23.2. The van der Waals surface area contributed by atoms with E-state index in [1.807, 2.05) is 0 Å². The maximum absolute atomic E-state index is 14.1. The molecule has 0 unspecified atom stereocenters. The minimum atomic E-state index is -1.33. The molecule has 6 nitrogen and oxygen atoms in total. The zero-order valence-electron chi connectivity index (χ0n) is 21.7. The molecule has 0 saturated carbocycles. The molecule has 0 aliphatic heterocycles. The fourth-order valence-electron chi connectivity index (χ4n) is 5.00. The smallest absolute Gasteiger partial charge is 0.263 e. The van der Waals surface area contributed by atoms with E-state index in [1.54, 1.807) is 13.8 Å². The third-order valence-electron chi connectivity index (χ3n) is 6.84. The first kappa shape index (κ1) is 28.1. The minimum Gasteiger partial charge on any atom is -0.507 e. The van der Waals surface area contributed by atoms with Crippen LogP contribution >= 0.6 is 23.2 Å². The van der Waals surface area contributed by atoms with Gasteiger partial charge >= 0.3 is 0 Å². The Morgan fingerprint density at radius 3 is 1.44 bits per heavy atom. The molecule has 0 radical (unpaired) electrons. The number of aromatic hydroxyl groups is 2. The number of aromatic nitrogens is 2. The highest BCUT2D eigenvalue weighted by Gasteiger charge is 2.32. The molecule has 2 heterocycles. The van der Waals surface area contributed by atoms with E-state index >= 15 is 0 Å². The summed E-state index contributed by atoms with van der Waals surface area (Å²) in [6, 6.07) is 17.5. The van der Waals surface area contributed by atoms with Crippen LogP contribution in [0, 0.1) is 25.5 Å². The summed E-state index contributed by atoms with van der Waals surface area (Å²) in [5.74, 6) is -3.20. The van der Waals surface area contributed by atoms with Crippen LogP contribution in [0.2, 0.25) is 10.0 Å². The van der Waals surface area contributed by atoms with Gasteiger partial charge in [0.25, 0.3) is 11.1 Å². The molecule has 41 heavy (non-hydrogen) atoms. The van der Waals surface area contributed by atoms with E-state index < -0.39 is 40.2 Å². The number of benzene rings is 3. The van der Waals surface area contributed by atoms with E-state index in [1.165, 1.54) is 88.0 Å². The second kappa shape index (κ2) is 10.9. The van der Waals surface area contributed by atoms with E-state index in [0.29, 0.717) is 22.8 Å². The van der Waals surface area contributed by atoms with E-state index in [0.717, 1.165) is 0 Å². The molecule has 0 amide bonds. The summed E-state index contributed by atoms with van der Waals surface area (Å²) < 4.78 is 29.9. The van der Waals surface area contributed by atoms with Crippen molar-refractivity contribution in [2.24, 2.45) is 0 Å². The Kier molecular flexibility index (Phi) is 7.46. The van der Waals surface area contributed by atoms with Crippen molar-refractivity contribution in [3.63, 3.8) is 0 Å². The fraction of sp³-hybridized carbons (Fsp3) is 0.0968. The van der Waals surface area contributed by atoms with Crippen LogP contribution in [0.15, 0.2) is 88.5 Å². The third kappa shape index (κ3) is 5.12. The molecule has 2 aromatic heterocycles. The monoisotopic (exact) mass is 594 g/mol. The van der Waals surface area contributed by atoms with Crippen LogP contribution in [0.3, 0.4) is 0 Å². The van der Waals surface area contributed by atoms with Gasteiger partial charge in [-0.1, -0.05) is 29.3 Å². The van der Waals surface area contributed by atoms with Gasteiger partial charge in [-0.05, 0) is 80.1 Å². The number of aryl methyl sites for hydroxylation is 2. The zero-order chi connectivity index (χ0) is 29.6. The van der Waals surface area contributed by atoms with Crippen molar-refractivity contribution in [1.29, 1.82) is 0 Å². The van der Waals surface area contributed by atoms with Gasteiger partial charge < -0.3 is 10.2 Å². The Morgan fingerprint density at radius 1 is 0.634 bits per heavy atom. The van der Waals surface area contributed by atoms with Crippen LogP contribution in [-0.2, 0) is 0 Å². The van der Waals surface area contributed by atoms with Gasteiger partial charge in [0.15, 0.2) is 0 Å². The number of nitrogens with zero attached hydrogens (tertiary/aromatic N) is 2. The summed E-state index contributed by atoms with van der Waals surface area (Å²) >= 11 is 12.5. The van der Waals surface area contributed by atoms with Gasteiger partial charge in [0.2, 0.25) is 0 Å². The second-order valence-corrected chi connectivity index (χ2v) is 10.3. The summed E-state index contributed by atoms with van der Waals surface area (Å²) in [6.07, 6.45) is 0. The molecule has 0 atom stereocenters. The van der Waals surface area contributed by atoms with Gasteiger partial charge in [0.05, 0.1) is 27.1 Å². The van der Waals surface area contributed by atoms with Crippen molar-refractivity contribution >= 4 is 23.2 Å². The lowest BCUT2D eigenvalue weighted by molar-refractivity contribution is 0.453. The highest BCUT2D eigenvalue weighted by molar-refractivity contribution is 6.42. The Hall–Kier alpha value is -4.40. The van der Waals surface area contributed by atoms with Crippen molar-refractivity contribution in [2.45, 2.75) is 19.8 Å². The number of rotatable bonds is 5. The molecule has 10 heteroatoms. The molecule has 208 valence electrons. The van der Waals surface area contributed by atoms with Crippen LogP contribution in [0.4, 0.5) is 8.78 Å². The molecule has 3 aromatic carbocycles. The number of hydrogen-bond donors (Lipinski definition) is 2. The molecular weight excluding hydrogens is 573 g/mol. The Morgan fingerprint density at radius 2 is 1.05 bits per heavy atom. The lowest BCUT2D eigenvalue weighted by atomic mass is 9.84.